The van der Waals surface area contributed by atoms with Gasteiger partial charge in [0.1, 0.15) is 11.4 Å². The Morgan fingerprint density at radius 3 is 2.47 bits per heavy atom. The maximum atomic E-state index is 13.0. The topological polar surface area (TPSA) is 96.6 Å². The summed E-state index contributed by atoms with van der Waals surface area (Å²) in [6.07, 6.45) is 3.51. The first-order valence-corrected chi connectivity index (χ1v) is 12.4. The molecular weight excluding hydrogens is 448 g/mol. The molecule has 0 radical (unpaired) electrons. The molecule has 3 aromatic rings. The number of amidine groups is 1. The number of rotatable bonds is 7. The molecule has 0 bridgehead atoms. The van der Waals surface area contributed by atoms with Crippen LogP contribution in [0.5, 0.6) is 0 Å². The molecule has 0 saturated heterocycles. The predicted octanol–water partition coefficient (Wildman–Crippen LogP) is 5.77. The fourth-order valence-electron chi connectivity index (χ4n) is 4.82. The minimum atomic E-state index is -0.765. The number of anilines is 1. The van der Waals surface area contributed by atoms with Gasteiger partial charge in [0.25, 0.3) is 0 Å². The van der Waals surface area contributed by atoms with Gasteiger partial charge < -0.3 is 16.4 Å². The van der Waals surface area contributed by atoms with Gasteiger partial charge in [0.15, 0.2) is 5.78 Å². The number of nitrogens with two attached hydrogens (primary N) is 1. The molecule has 186 valence electrons. The van der Waals surface area contributed by atoms with Gasteiger partial charge in [-0.25, -0.2) is 4.79 Å². The Hall–Kier alpha value is -3.93. The summed E-state index contributed by atoms with van der Waals surface area (Å²) < 4.78 is 0. The molecule has 1 atom stereocenters. The third-order valence-corrected chi connectivity index (χ3v) is 6.47. The lowest BCUT2D eigenvalue weighted by molar-refractivity contribution is -0.123. The summed E-state index contributed by atoms with van der Waals surface area (Å²) in [5.41, 5.74) is 9.20. The van der Waals surface area contributed by atoms with Crippen molar-refractivity contribution in [3.05, 3.63) is 89.5 Å². The normalized spacial score (nSPS) is 17.9. The Labute approximate surface area is 212 Å². The first-order chi connectivity index (χ1) is 17.2. The maximum Gasteiger partial charge on any atom is 0.319 e. The number of allylic oxidation sites excluding steroid dienone is 1. The molecule has 0 aliphatic carbocycles. The number of urea groups is 1. The third kappa shape index (κ3) is 6.19. The summed E-state index contributed by atoms with van der Waals surface area (Å²) in [6, 6.07) is 21.6. The number of amides is 2. The monoisotopic (exact) mass is 482 g/mol. The van der Waals surface area contributed by atoms with Crippen LogP contribution in [0.25, 0.3) is 10.8 Å². The number of hydrogen-bond acceptors (Lipinski definition) is 4. The van der Waals surface area contributed by atoms with Crippen LogP contribution in [-0.4, -0.2) is 23.2 Å². The second kappa shape index (κ2) is 10.8. The second-order valence-corrected chi connectivity index (χ2v) is 10.1. The molecule has 0 aromatic heterocycles. The van der Waals surface area contributed by atoms with Crippen LogP contribution in [0.15, 0.2) is 83.4 Å². The molecule has 6 nitrogen and oxygen atoms in total. The number of hydrogen-bond donors (Lipinski definition) is 3. The molecule has 4 rings (SSSR count). The summed E-state index contributed by atoms with van der Waals surface area (Å²) in [6.45, 7) is 6.47. The first-order valence-electron chi connectivity index (χ1n) is 12.4. The smallest absolute Gasteiger partial charge is 0.319 e. The van der Waals surface area contributed by atoms with Crippen molar-refractivity contribution in [3.63, 3.8) is 0 Å². The van der Waals surface area contributed by atoms with Crippen molar-refractivity contribution < 1.29 is 9.59 Å². The van der Waals surface area contributed by atoms with Gasteiger partial charge in [0.05, 0.1) is 5.69 Å². The van der Waals surface area contributed by atoms with Gasteiger partial charge in [0.2, 0.25) is 0 Å². The lowest BCUT2D eigenvalue weighted by atomic mass is 9.84. The van der Waals surface area contributed by atoms with E-state index in [1.807, 2.05) is 79.7 Å². The number of Topliss-reactive ketones (excluding diaryl/α,β-unsaturated/α-hetero) is 1. The standard InChI is InChI=1S/C30H34N4O2/c1-20(2)18-30(3)27(35)16-23(17-28(31)34-30)15-21-11-13-22(14-12-21)19-32-29(36)33-26-10-6-8-24-7-4-5-9-25(24)26/h4-14,17,20H,15-16,18-19H2,1-3H3,(H2,31,34)(H2,32,33,36). The van der Waals surface area contributed by atoms with Crippen molar-refractivity contribution in [3.8, 4) is 0 Å². The van der Waals surface area contributed by atoms with Gasteiger partial charge in [-0.15, -0.1) is 0 Å². The quantitative estimate of drug-likeness (QED) is 0.399. The molecule has 4 N–H and O–H groups in total. The zero-order valence-corrected chi connectivity index (χ0v) is 21.2. The fraction of sp³-hybridized carbons (Fsp3) is 0.300. The number of aliphatic imine (C=N–C) groups is 1. The zero-order valence-electron chi connectivity index (χ0n) is 21.2. The molecule has 0 saturated carbocycles. The highest BCUT2D eigenvalue weighted by molar-refractivity contribution is 6.02. The van der Waals surface area contributed by atoms with Crippen molar-refractivity contribution in [1.29, 1.82) is 0 Å². The number of nitrogens with zero attached hydrogens (tertiary/aromatic N) is 1. The van der Waals surface area contributed by atoms with Crippen molar-refractivity contribution in [1.82, 2.24) is 5.32 Å². The fourth-order valence-corrected chi connectivity index (χ4v) is 4.82. The van der Waals surface area contributed by atoms with Gasteiger partial charge in [0, 0.05) is 18.4 Å². The average Bonchev–Trinajstić information content (AvgIpc) is 2.92. The van der Waals surface area contributed by atoms with E-state index in [1.165, 1.54) is 0 Å². The number of nitrogens with one attached hydrogen (secondary N) is 2. The summed E-state index contributed by atoms with van der Waals surface area (Å²) in [5.74, 6) is 0.880. The highest BCUT2D eigenvalue weighted by atomic mass is 16.2. The van der Waals surface area contributed by atoms with E-state index in [9.17, 15) is 9.59 Å². The molecule has 2 amide bonds. The number of fused-ring (bicyclic) bond motifs is 1. The van der Waals surface area contributed by atoms with E-state index in [-0.39, 0.29) is 11.8 Å². The molecule has 1 unspecified atom stereocenters. The van der Waals surface area contributed by atoms with Gasteiger partial charge in [-0.2, -0.15) is 0 Å². The number of ketones is 1. The zero-order chi connectivity index (χ0) is 25.7. The van der Waals surface area contributed by atoms with Crippen LogP contribution in [0.1, 0.15) is 44.7 Å². The molecule has 1 aliphatic rings. The van der Waals surface area contributed by atoms with E-state index >= 15 is 0 Å². The minimum absolute atomic E-state index is 0.112. The predicted molar refractivity (Wildman–Crippen MR) is 147 cm³/mol. The molecule has 1 heterocycles. The molecule has 6 heteroatoms. The maximum absolute atomic E-state index is 13.0. The molecule has 0 fully saturated rings. The van der Waals surface area contributed by atoms with Crippen LogP contribution in [0.4, 0.5) is 10.5 Å². The van der Waals surface area contributed by atoms with Crippen LogP contribution in [0.2, 0.25) is 0 Å². The summed E-state index contributed by atoms with van der Waals surface area (Å²) in [5, 5.41) is 7.94. The van der Waals surface area contributed by atoms with Crippen molar-refractivity contribution in [2.24, 2.45) is 16.6 Å². The second-order valence-electron chi connectivity index (χ2n) is 10.1. The van der Waals surface area contributed by atoms with Gasteiger partial charge in [-0.3, -0.25) is 9.79 Å². The molecule has 1 aliphatic heterocycles. The Kier molecular flexibility index (Phi) is 7.53. The molecule has 36 heavy (non-hydrogen) atoms. The largest absolute Gasteiger partial charge is 0.384 e. The van der Waals surface area contributed by atoms with E-state index in [4.69, 9.17) is 5.73 Å². The number of benzene rings is 3. The Balaban J connectivity index is 1.33. The Bertz CT molecular complexity index is 1320. The highest BCUT2D eigenvalue weighted by Gasteiger charge is 2.35. The Morgan fingerprint density at radius 2 is 1.72 bits per heavy atom. The molecular formula is C30H34N4O2. The number of carbonyl (C=O) groups is 2. The van der Waals surface area contributed by atoms with E-state index in [0.717, 1.165) is 33.2 Å². The van der Waals surface area contributed by atoms with Crippen LogP contribution in [0.3, 0.4) is 0 Å². The third-order valence-electron chi connectivity index (χ3n) is 6.47. The van der Waals surface area contributed by atoms with E-state index in [2.05, 4.69) is 29.5 Å². The average molecular weight is 483 g/mol. The molecule has 0 spiro atoms. The lowest BCUT2D eigenvalue weighted by Crippen LogP contribution is -2.36. The van der Waals surface area contributed by atoms with E-state index in [1.54, 1.807) is 0 Å². The minimum Gasteiger partial charge on any atom is -0.384 e. The SMILES string of the molecule is CC(C)CC1(C)N=C(N)C=C(Cc2ccc(CNC(=O)Nc3cccc4ccccc34)cc2)CC1=O. The number of carbonyl (C=O) groups excluding carboxylic acids is 2. The molecule has 3 aromatic carbocycles. The van der Waals surface area contributed by atoms with Crippen LogP contribution in [0, 0.1) is 5.92 Å². The van der Waals surface area contributed by atoms with Crippen molar-refractivity contribution in [2.75, 3.05) is 5.32 Å². The van der Waals surface area contributed by atoms with Crippen molar-refractivity contribution >= 4 is 34.1 Å². The van der Waals surface area contributed by atoms with Crippen LogP contribution < -0.4 is 16.4 Å². The van der Waals surface area contributed by atoms with Crippen LogP contribution >= 0.6 is 0 Å². The van der Waals surface area contributed by atoms with E-state index in [0.29, 0.717) is 37.6 Å². The van der Waals surface area contributed by atoms with Crippen molar-refractivity contribution in [2.45, 2.75) is 52.1 Å². The van der Waals surface area contributed by atoms with Gasteiger partial charge >= 0.3 is 6.03 Å². The highest BCUT2D eigenvalue weighted by Crippen LogP contribution is 2.28. The summed E-state index contributed by atoms with van der Waals surface area (Å²) in [7, 11) is 0. The van der Waals surface area contributed by atoms with Gasteiger partial charge in [-0.1, -0.05) is 80.1 Å². The van der Waals surface area contributed by atoms with Crippen LogP contribution in [-0.2, 0) is 17.8 Å². The lowest BCUT2D eigenvalue weighted by Gasteiger charge is -2.25. The first kappa shape index (κ1) is 25.2. The van der Waals surface area contributed by atoms with Gasteiger partial charge in [-0.05, 0) is 54.3 Å². The summed E-state index contributed by atoms with van der Waals surface area (Å²) in [4.78, 5) is 30.0. The Morgan fingerprint density at radius 1 is 1.03 bits per heavy atom. The van der Waals surface area contributed by atoms with E-state index < -0.39 is 5.54 Å². The summed E-state index contributed by atoms with van der Waals surface area (Å²) >= 11 is 0.